The normalized spacial score (nSPS) is 14.0. The molecule has 2 N–H and O–H groups in total. The molecule has 3 rings (SSSR count). The molecule has 2 heterocycles. The Bertz CT molecular complexity index is 661. The highest BCUT2D eigenvalue weighted by Crippen LogP contribution is 2.32. The highest BCUT2D eigenvalue weighted by molar-refractivity contribution is 5.89. The average Bonchev–Trinajstić information content (AvgIpc) is 2.55. The van der Waals surface area contributed by atoms with Gasteiger partial charge in [0.05, 0.1) is 6.04 Å². The molecule has 1 unspecified atom stereocenters. The van der Waals surface area contributed by atoms with Crippen molar-refractivity contribution in [3.8, 4) is 11.5 Å². The molecular weight excluding hydrogens is 282 g/mol. The van der Waals surface area contributed by atoms with Gasteiger partial charge in [0.2, 0.25) is 0 Å². The summed E-state index contributed by atoms with van der Waals surface area (Å²) in [6.07, 6.45) is 3.43. The third-order valence-electron chi connectivity index (χ3n) is 3.33. The van der Waals surface area contributed by atoms with Crippen molar-refractivity contribution in [2.75, 3.05) is 18.5 Å². The van der Waals surface area contributed by atoms with Crippen molar-refractivity contribution in [1.29, 1.82) is 0 Å². The van der Waals surface area contributed by atoms with Crippen LogP contribution in [0.1, 0.15) is 18.5 Å². The van der Waals surface area contributed by atoms with E-state index in [1.807, 2.05) is 19.1 Å². The monoisotopic (exact) mass is 299 g/mol. The van der Waals surface area contributed by atoms with E-state index in [1.54, 1.807) is 30.6 Å². The van der Waals surface area contributed by atoms with E-state index in [2.05, 4.69) is 15.6 Å². The number of pyridine rings is 1. The van der Waals surface area contributed by atoms with E-state index in [1.165, 1.54) is 0 Å². The quantitative estimate of drug-likeness (QED) is 0.914. The summed E-state index contributed by atoms with van der Waals surface area (Å²) in [6.45, 7) is 2.96. The maximum Gasteiger partial charge on any atom is 0.319 e. The number of aromatic nitrogens is 1. The van der Waals surface area contributed by atoms with Crippen LogP contribution in [-0.4, -0.2) is 24.2 Å². The fourth-order valence-electron chi connectivity index (χ4n) is 2.20. The number of hydrogen-bond donors (Lipinski definition) is 2. The largest absolute Gasteiger partial charge is 0.486 e. The van der Waals surface area contributed by atoms with Crippen LogP contribution in [0.15, 0.2) is 42.7 Å². The van der Waals surface area contributed by atoms with Crippen LogP contribution in [0.3, 0.4) is 0 Å². The molecule has 114 valence electrons. The maximum atomic E-state index is 12.0. The van der Waals surface area contributed by atoms with Crippen LogP contribution in [0.2, 0.25) is 0 Å². The van der Waals surface area contributed by atoms with Gasteiger partial charge in [0.25, 0.3) is 0 Å². The van der Waals surface area contributed by atoms with Gasteiger partial charge in [-0.15, -0.1) is 0 Å². The molecule has 6 heteroatoms. The third-order valence-corrected chi connectivity index (χ3v) is 3.33. The smallest absolute Gasteiger partial charge is 0.319 e. The molecule has 0 radical (unpaired) electrons. The number of rotatable bonds is 3. The number of amides is 2. The molecular formula is C16H17N3O3. The predicted molar refractivity (Wildman–Crippen MR) is 82.2 cm³/mol. The molecule has 0 fully saturated rings. The van der Waals surface area contributed by atoms with Gasteiger partial charge < -0.3 is 20.1 Å². The molecule has 6 nitrogen and oxygen atoms in total. The molecule has 2 aromatic rings. The Hall–Kier alpha value is -2.76. The Morgan fingerprint density at radius 2 is 2.05 bits per heavy atom. The summed E-state index contributed by atoms with van der Waals surface area (Å²) in [7, 11) is 0. The molecule has 2 amide bonds. The summed E-state index contributed by atoms with van der Waals surface area (Å²) in [5, 5.41) is 5.65. The number of nitrogens with one attached hydrogen (secondary N) is 2. The molecule has 1 aromatic heterocycles. The van der Waals surface area contributed by atoms with E-state index < -0.39 is 0 Å². The molecule has 1 aromatic carbocycles. The number of urea groups is 1. The van der Waals surface area contributed by atoms with Crippen LogP contribution in [0.25, 0.3) is 0 Å². The average molecular weight is 299 g/mol. The predicted octanol–water partition coefficient (Wildman–Crippen LogP) is 2.74. The van der Waals surface area contributed by atoms with Gasteiger partial charge in [-0.25, -0.2) is 4.79 Å². The van der Waals surface area contributed by atoms with Crippen LogP contribution >= 0.6 is 0 Å². The van der Waals surface area contributed by atoms with Crippen LogP contribution in [-0.2, 0) is 0 Å². The Balaban J connectivity index is 1.62. The highest BCUT2D eigenvalue weighted by Gasteiger charge is 2.14. The molecule has 0 saturated carbocycles. The van der Waals surface area contributed by atoms with Gasteiger partial charge in [-0.2, -0.15) is 0 Å². The number of carbonyl (C=O) groups excluding carboxylic acids is 1. The van der Waals surface area contributed by atoms with Crippen LogP contribution in [0.5, 0.6) is 11.5 Å². The van der Waals surface area contributed by atoms with Gasteiger partial charge in [0, 0.05) is 24.1 Å². The van der Waals surface area contributed by atoms with Crippen LogP contribution in [0, 0.1) is 0 Å². The Labute approximate surface area is 128 Å². The second-order valence-electron chi connectivity index (χ2n) is 4.96. The molecule has 0 aliphatic carbocycles. The van der Waals surface area contributed by atoms with E-state index in [0.29, 0.717) is 30.4 Å². The number of nitrogens with zero attached hydrogens (tertiary/aromatic N) is 1. The fourth-order valence-corrected chi connectivity index (χ4v) is 2.20. The summed E-state index contributed by atoms with van der Waals surface area (Å²) < 4.78 is 10.9. The number of fused-ring (bicyclic) bond motifs is 1. The van der Waals surface area contributed by atoms with Crippen molar-refractivity contribution in [2.24, 2.45) is 0 Å². The second-order valence-corrected chi connectivity index (χ2v) is 4.96. The van der Waals surface area contributed by atoms with E-state index in [0.717, 1.165) is 5.56 Å². The highest BCUT2D eigenvalue weighted by atomic mass is 16.6. The third kappa shape index (κ3) is 3.28. The van der Waals surface area contributed by atoms with Crippen molar-refractivity contribution < 1.29 is 14.3 Å². The minimum Gasteiger partial charge on any atom is -0.486 e. The standard InChI is InChI=1S/C16H17N3O3/c1-11(12-3-2-6-17-10-12)18-16(20)19-13-4-5-14-15(9-13)22-8-7-21-14/h2-6,9-11H,7-8H2,1H3,(H2,18,19,20). The molecule has 1 aliphatic heterocycles. The SMILES string of the molecule is CC(NC(=O)Nc1ccc2c(c1)OCCO2)c1cccnc1. The summed E-state index contributed by atoms with van der Waals surface area (Å²) in [5.41, 5.74) is 1.60. The lowest BCUT2D eigenvalue weighted by atomic mass is 10.1. The lowest BCUT2D eigenvalue weighted by Gasteiger charge is -2.19. The Kier molecular flexibility index (Phi) is 4.09. The number of carbonyl (C=O) groups is 1. The van der Waals surface area contributed by atoms with E-state index in [-0.39, 0.29) is 12.1 Å². The van der Waals surface area contributed by atoms with Crippen molar-refractivity contribution in [2.45, 2.75) is 13.0 Å². The second kappa shape index (κ2) is 6.34. The van der Waals surface area contributed by atoms with E-state index in [9.17, 15) is 4.79 Å². The van der Waals surface area contributed by atoms with Crippen molar-refractivity contribution >= 4 is 11.7 Å². The summed E-state index contributed by atoms with van der Waals surface area (Å²) in [4.78, 5) is 16.1. The van der Waals surface area contributed by atoms with E-state index in [4.69, 9.17) is 9.47 Å². The molecule has 0 bridgehead atoms. The van der Waals surface area contributed by atoms with Gasteiger partial charge in [0.15, 0.2) is 11.5 Å². The first-order valence-corrected chi connectivity index (χ1v) is 7.09. The molecule has 1 aliphatic rings. The first-order chi connectivity index (χ1) is 10.7. The molecule has 22 heavy (non-hydrogen) atoms. The minimum atomic E-state index is -0.284. The van der Waals surface area contributed by atoms with Gasteiger partial charge in [-0.3, -0.25) is 4.98 Å². The topological polar surface area (TPSA) is 72.5 Å². The summed E-state index contributed by atoms with van der Waals surface area (Å²) in [6, 6.07) is 8.66. The first kappa shape index (κ1) is 14.2. The van der Waals surface area contributed by atoms with Crippen molar-refractivity contribution in [1.82, 2.24) is 10.3 Å². The minimum absolute atomic E-state index is 0.133. The van der Waals surface area contributed by atoms with Gasteiger partial charge >= 0.3 is 6.03 Å². The van der Waals surface area contributed by atoms with E-state index >= 15 is 0 Å². The lowest BCUT2D eigenvalue weighted by molar-refractivity contribution is 0.171. The van der Waals surface area contributed by atoms with Crippen LogP contribution in [0.4, 0.5) is 10.5 Å². The molecule has 0 spiro atoms. The zero-order chi connectivity index (χ0) is 15.4. The zero-order valence-electron chi connectivity index (χ0n) is 12.2. The molecule has 0 saturated heterocycles. The van der Waals surface area contributed by atoms with Crippen LogP contribution < -0.4 is 20.1 Å². The number of benzene rings is 1. The van der Waals surface area contributed by atoms with Gasteiger partial charge in [-0.1, -0.05) is 6.07 Å². The summed E-state index contributed by atoms with van der Waals surface area (Å²) in [5.74, 6) is 1.34. The summed E-state index contributed by atoms with van der Waals surface area (Å²) >= 11 is 0. The maximum absolute atomic E-state index is 12.0. The molecule has 1 atom stereocenters. The van der Waals surface area contributed by atoms with Crippen molar-refractivity contribution in [3.05, 3.63) is 48.3 Å². The number of ether oxygens (including phenoxy) is 2. The number of hydrogen-bond acceptors (Lipinski definition) is 4. The van der Waals surface area contributed by atoms with Crippen molar-refractivity contribution in [3.63, 3.8) is 0 Å². The first-order valence-electron chi connectivity index (χ1n) is 7.09. The Morgan fingerprint density at radius 1 is 1.23 bits per heavy atom. The fraction of sp³-hybridized carbons (Fsp3) is 0.250. The lowest BCUT2D eigenvalue weighted by Crippen LogP contribution is -2.31. The van der Waals surface area contributed by atoms with Gasteiger partial charge in [0.1, 0.15) is 13.2 Å². The Morgan fingerprint density at radius 3 is 2.82 bits per heavy atom. The van der Waals surface area contributed by atoms with Gasteiger partial charge in [-0.05, 0) is 30.7 Å². The zero-order valence-corrected chi connectivity index (χ0v) is 12.2. The number of anilines is 1.